The Hall–Kier alpha value is 0.480. The minimum absolute atomic E-state index is 0.550. The van der Waals surface area contributed by atoms with E-state index in [1.165, 1.54) is 19.3 Å². The summed E-state index contributed by atoms with van der Waals surface area (Å²) < 4.78 is 0. The molecule has 0 fully saturated rings. The molecular formula is C10H21Br. The lowest BCUT2D eigenvalue weighted by atomic mass is 9.73. The van der Waals surface area contributed by atoms with E-state index in [4.69, 9.17) is 0 Å². The molecule has 0 saturated heterocycles. The van der Waals surface area contributed by atoms with Crippen LogP contribution in [-0.4, -0.2) is 5.33 Å². The van der Waals surface area contributed by atoms with Crippen molar-refractivity contribution in [2.45, 2.75) is 47.0 Å². The molecule has 0 aliphatic carbocycles. The summed E-state index contributed by atoms with van der Waals surface area (Å²) in [5.41, 5.74) is 0.550. The maximum atomic E-state index is 3.63. The third kappa shape index (κ3) is 2.47. The smallest absolute Gasteiger partial charge is 0.00903 e. The molecule has 0 rings (SSSR count). The quantitative estimate of drug-likeness (QED) is 0.609. The molecule has 0 aromatic rings. The lowest BCUT2D eigenvalue weighted by molar-refractivity contribution is 0.187. The first-order valence-electron chi connectivity index (χ1n) is 4.72. The van der Waals surface area contributed by atoms with Crippen LogP contribution in [0.3, 0.4) is 0 Å². The van der Waals surface area contributed by atoms with Crippen LogP contribution in [0.4, 0.5) is 0 Å². The van der Waals surface area contributed by atoms with E-state index in [2.05, 4.69) is 43.6 Å². The van der Waals surface area contributed by atoms with Crippen LogP contribution in [0.5, 0.6) is 0 Å². The van der Waals surface area contributed by atoms with Gasteiger partial charge in [0.2, 0.25) is 0 Å². The number of rotatable bonds is 5. The minimum atomic E-state index is 0.550. The largest absolute Gasteiger partial charge is 0.0922 e. The molecule has 1 unspecified atom stereocenters. The van der Waals surface area contributed by atoms with Gasteiger partial charge < -0.3 is 0 Å². The minimum Gasteiger partial charge on any atom is -0.0922 e. The summed E-state index contributed by atoms with van der Waals surface area (Å²) in [6.07, 6.45) is 3.89. The van der Waals surface area contributed by atoms with Crippen LogP contribution in [0.25, 0.3) is 0 Å². The first-order chi connectivity index (χ1) is 5.16. The highest BCUT2D eigenvalue weighted by molar-refractivity contribution is 9.09. The molecule has 0 radical (unpaired) electrons. The van der Waals surface area contributed by atoms with Crippen LogP contribution in [0.2, 0.25) is 0 Å². The number of halogens is 1. The summed E-state index contributed by atoms with van der Waals surface area (Å²) in [5.74, 6) is 0.844. The van der Waals surface area contributed by atoms with Crippen LogP contribution >= 0.6 is 15.9 Å². The van der Waals surface area contributed by atoms with Gasteiger partial charge in [-0.25, -0.2) is 0 Å². The fourth-order valence-electron chi connectivity index (χ4n) is 1.70. The third-order valence-corrected chi connectivity index (χ3v) is 4.45. The van der Waals surface area contributed by atoms with Gasteiger partial charge in [-0.15, -0.1) is 0 Å². The first-order valence-corrected chi connectivity index (χ1v) is 5.84. The van der Waals surface area contributed by atoms with Gasteiger partial charge in [0, 0.05) is 5.33 Å². The van der Waals surface area contributed by atoms with E-state index >= 15 is 0 Å². The van der Waals surface area contributed by atoms with Crippen molar-refractivity contribution in [1.29, 1.82) is 0 Å². The normalized spacial score (nSPS) is 15.0. The summed E-state index contributed by atoms with van der Waals surface area (Å²) in [6.45, 7) is 9.26. The monoisotopic (exact) mass is 220 g/mol. The molecule has 68 valence electrons. The van der Waals surface area contributed by atoms with Crippen molar-refractivity contribution < 1.29 is 0 Å². The zero-order valence-electron chi connectivity index (χ0n) is 8.28. The maximum Gasteiger partial charge on any atom is 0.00903 e. The van der Waals surface area contributed by atoms with Crippen molar-refractivity contribution in [3.8, 4) is 0 Å². The third-order valence-electron chi connectivity index (χ3n) is 3.33. The van der Waals surface area contributed by atoms with Gasteiger partial charge in [0.05, 0.1) is 0 Å². The molecule has 0 aromatic heterocycles. The van der Waals surface area contributed by atoms with Crippen LogP contribution < -0.4 is 0 Å². The fourth-order valence-corrected chi connectivity index (χ4v) is 3.05. The second-order valence-electron chi connectivity index (χ2n) is 3.51. The van der Waals surface area contributed by atoms with Crippen molar-refractivity contribution in [3.63, 3.8) is 0 Å². The van der Waals surface area contributed by atoms with Crippen molar-refractivity contribution in [2.24, 2.45) is 11.3 Å². The molecular weight excluding hydrogens is 200 g/mol. The van der Waals surface area contributed by atoms with Crippen molar-refractivity contribution in [3.05, 3.63) is 0 Å². The number of alkyl halides is 1. The Morgan fingerprint density at radius 3 is 1.73 bits per heavy atom. The zero-order chi connectivity index (χ0) is 8.91. The first kappa shape index (κ1) is 11.5. The SMILES string of the molecule is CCC(C)C(CC)(CC)CBr. The number of hydrogen-bond donors (Lipinski definition) is 0. The van der Waals surface area contributed by atoms with Gasteiger partial charge in [0.15, 0.2) is 0 Å². The molecule has 0 nitrogen and oxygen atoms in total. The predicted molar refractivity (Wildman–Crippen MR) is 56.3 cm³/mol. The van der Waals surface area contributed by atoms with Gasteiger partial charge in [0.25, 0.3) is 0 Å². The fraction of sp³-hybridized carbons (Fsp3) is 1.00. The molecule has 1 atom stereocenters. The van der Waals surface area contributed by atoms with Crippen LogP contribution in [0, 0.1) is 11.3 Å². The average molecular weight is 221 g/mol. The summed E-state index contributed by atoms with van der Waals surface area (Å²) in [7, 11) is 0. The Morgan fingerprint density at radius 1 is 1.18 bits per heavy atom. The molecule has 0 heterocycles. The Kier molecular flexibility index (Phi) is 5.41. The highest BCUT2D eigenvalue weighted by atomic mass is 79.9. The summed E-state index contributed by atoms with van der Waals surface area (Å²) in [6, 6.07) is 0. The Bertz CT molecular complexity index is 86.8. The topological polar surface area (TPSA) is 0 Å². The maximum absolute atomic E-state index is 3.63. The molecule has 0 saturated carbocycles. The van der Waals surface area contributed by atoms with Crippen molar-refractivity contribution >= 4 is 15.9 Å². The van der Waals surface area contributed by atoms with E-state index in [0.717, 1.165) is 11.2 Å². The molecule has 0 aliphatic rings. The van der Waals surface area contributed by atoms with Crippen LogP contribution in [-0.2, 0) is 0 Å². The second kappa shape index (κ2) is 5.18. The molecule has 0 spiro atoms. The molecule has 0 amide bonds. The van der Waals surface area contributed by atoms with E-state index in [9.17, 15) is 0 Å². The van der Waals surface area contributed by atoms with Crippen molar-refractivity contribution in [1.82, 2.24) is 0 Å². The Labute approximate surface area is 79.9 Å². The van der Waals surface area contributed by atoms with E-state index in [1.54, 1.807) is 0 Å². The molecule has 0 N–H and O–H groups in total. The molecule has 0 aliphatic heterocycles. The highest BCUT2D eigenvalue weighted by Crippen LogP contribution is 2.38. The second-order valence-corrected chi connectivity index (χ2v) is 4.07. The van der Waals surface area contributed by atoms with Gasteiger partial charge in [0.1, 0.15) is 0 Å². The molecule has 0 bridgehead atoms. The number of hydrogen-bond acceptors (Lipinski definition) is 0. The zero-order valence-corrected chi connectivity index (χ0v) is 9.87. The standard InChI is InChI=1S/C10H21Br/c1-5-9(4)10(6-2,7-3)8-11/h9H,5-8H2,1-4H3. The van der Waals surface area contributed by atoms with Gasteiger partial charge in [-0.3, -0.25) is 0 Å². The van der Waals surface area contributed by atoms with Gasteiger partial charge >= 0.3 is 0 Å². The Morgan fingerprint density at radius 2 is 1.64 bits per heavy atom. The van der Waals surface area contributed by atoms with E-state index in [0.29, 0.717) is 5.41 Å². The van der Waals surface area contributed by atoms with E-state index in [-0.39, 0.29) is 0 Å². The predicted octanol–water partition coefficient (Wildman–Crippen LogP) is 4.23. The van der Waals surface area contributed by atoms with Gasteiger partial charge in [-0.05, 0) is 24.2 Å². The van der Waals surface area contributed by atoms with E-state index in [1.807, 2.05) is 0 Å². The summed E-state index contributed by atoms with van der Waals surface area (Å²) >= 11 is 3.63. The van der Waals surface area contributed by atoms with Crippen molar-refractivity contribution in [2.75, 3.05) is 5.33 Å². The van der Waals surface area contributed by atoms with Gasteiger partial charge in [-0.2, -0.15) is 0 Å². The van der Waals surface area contributed by atoms with Crippen LogP contribution in [0.15, 0.2) is 0 Å². The average Bonchev–Trinajstić information content (AvgIpc) is 2.08. The lowest BCUT2D eigenvalue weighted by Crippen LogP contribution is -2.28. The van der Waals surface area contributed by atoms with Crippen LogP contribution in [0.1, 0.15) is 47.0 Å². The Balaban J connectivity index is 4.26. The van der Waals surface area contributed by atoms with Gasteiger partial charge in [-0.1, -0.05) is 50.0 Å². The van der Waals surface area contributed by atoms with E-state index < -0.39 is 0 Å². The highest BCUT2D eigenvalue weighted by Gasteiger charge is 2.29. The molecule has 11 heavy (non-hydrogen) atoms. The molecule has 0 aromatic carbocycles. The lowest BCUT2D eigenvalue weighted by Gasteiger charge is -2.35. The summed E-state index contributed by atoms with van der Waals surface area (Å²) in [5, 5.41) is 1.15. The molecule has 1 heteroatoms. The summed E-state index contributed by atoms with van der Waals surface area (Å²) in [4.78, 5) is 0.